The molecule has 0 saturated carbocycles. The molecule has 0 bridgehead atoms. The van der Waals surface area contributed by atoms with E-state index in [2.05, 4.69) is 5.32 Å². The Kier molecular flexibility index (Phi) is 7.57. The molecular formula is C27H30ClF2N3O4. The van der Waals surface area contributed by atoms with E-state index in [0.717, 1.165) is 12.1 Å². The van der Waals surface area contributed by atoms with Crippen LogP contribution >= 0.6 is 11.6 Å². The van der Waals surface area contributed by atoms with Crippen LogP contribution in [0.1, 0.15) is 54.7 Å². The zero-order valence-corrected chi connectivity index (χ0v) is 21.6. The molecule has 3 amide bonds. The van der Waals surface area contributed by atoms with Crippen LogP contribution in [0.5, 0.6) is 0 Å². The van der Waals surface area contributed by atoms with Crippen LogP contribution in [0.3, 0.4) is 0 Å². The first-order valence-corrected chi connectivity index (χ1v) is 12.5. The third-order valence-electron chi connectivity index (χ3n) is 7.33. The number of likely N-dealkylation sites (tertiary alicyclic amines) is 1. The molecule has 0 aromatic heterocycles. The van der Waals surface area contributed by atoms with E-state index in [9.17, 15) is 23.2 Å². The Bertz CT molecular complexity index is 1230. The van der Waals surface area contributed by atoms with E-state index in [-0.39, 0.29) is 41.5 Å². The molecule has 10 heteroatoms. The summed E-state index contributed by atoms with van der Waals surface area (Å²) < 4.78 is 34.2. The highest BCUT2D eigenvalue weighted by Gasteiger charge is 2.41. The molecule has 2 aromatic carbocycles. The molecule has 0 unspecified atom stereocenters. The van der Waals surface area contributed by atoms with Crippen molar-refractivity contribution >= 4 is 29.3 Å². The number of hydrogen-bond donors (Lipinski definition) is 2. The van der Waals surface area contributed by atoms with Crippen molar-refractivity contribution in [3.63, 3.8) is 0 Å². The normalized spacial score (nSPS) is 20.9. The Morgan fingerprint density at radius 2 is 1.86 bits per heavy atom. The smallest absolute Gasteiger partial charge is 0.254 e. The van der Waals surface area contributed by atoms with Crippen LogP contribution in [0.25, 0.3) is 0 Å². The van der Waals surface area contributed by atoms with Crippen molar-refractivity contribution in [2.24, 2.45) is 17.6 Å². The number of ether oxygens (including phenoxy) is 1. The number of primary amides is 1. The van der Waals surface area contributed by atoms with Crippen molar-refractivity contribution < 1.29 is 27.9 Å². The molecule has 37 heavy (non-hydrogen) atoms. The van der Waals surface area contributed by atoms with Gasteiger partial charge in [-0.25, -0.2) is 8.78 Å². The molecule has 198 valence electrons. The highest BCUT2D eigenvalue weighted by atomic mass is 35.5. The van der Waals surface area contributed by atoms with E-state index >= 15 is 0 Å². The number of nitrogens with one attached hydrogen (secondary N) is 1. The Morgan fingerprint density at radius 3 is 2.49 bits per heavy atom. The molecule has 7 nitrogen and oxygen atoms in total. The lowest BCUT2D eigenvalue weighted by Gasteiger charge is -2.36. The predicted octanol–water partition coefficient (Wildman–Crippen LogP) is 3.74. The summed E-state index contributed by atoms with van der Waals surface area (Å²) in [5, 5.41) is 2.50. The molecule has 0 aliphatic carbocycles. The van der Waals surface area contributed by atoms with Gasteiger partial charge in [-0.1, -0.05) is 30.7 Å². The Labute approximate surface area is 219 Å². The van der Waals surface area contributed by atoms with Crippen LogP contribution in [-0.2, 0) is 19.7 Å². The first kappa shape index (κ1) is 27.0. The summed E-state index contributed by atoms with van der Waals surface area (Å²) in [4.78, 5) is 40.4. The van der Waals surface area contributed by atoms with Gasteiger partial charge in [0.25, 0.3) is 5.91 Å². The van der Waals surface area contributed by atoms with Crippen LogP contribution in [0.15, 0.2) is 36.4 Å². The largest absolute Gasteiger partial charge is 0.381 e. The van der Waals surface area contributed by atoms with Gasteiger partial charge in [-0.15, -0.1) is 0 Å². The number of rotatable bonds is 7. The summed E-state index contributed by atoms with van der Waals surface area (Å²) in [7, 11) is 0. The van der Waals surface area contributed by atoms with Gasteiger partial charge < -0.3 is 20.7 Å². The number of halogens is 3. The van der Waals surface area contributed by atoms with Crippen molar-refractivity contribution in [1.29, 1.82) is 0 Å². The summed E-state index contributed by atoms with van der Waals surface area (Å²) >= 11 is 5.72. The highest BCUT2D eigenvalue weighted by molar-refractivity contribution is 6.30. The number of carbonyl (C=O) groups excluding carboxylic acids is 3. The fourth-order valence-corrected chi connectivity index (χ4v) is 4.94. The number of nitrogens with two attached hydrogens (primary N) is 1. The van der Waals surface area contributed by atoms with E-state index in [1.807, 2.05) is 6.92 Å². The van der Waals surface area contributed by atoms with Gasteiger partial charge in [0.05, 0.1) is 29.7 Å². The van der Waals surface area contributed by atoms with Gasteiger partial charge >= 0.3 is 0 Å². The Balaban J connectivity index is 1.59. The molecule has 2 heterocycles. The fraction of sp³-hybridized carbons (Fsp3) is 0.444. The maximum Gasteiger partial charge on any atom is 0.254 e. The summed E-state index contributed by atoms with van der Waals surface area (Å²) in [6.07, 6.45) is 0.412. The zero-order valence-electron chi connectivity index (χ0n) is 20.9. The molecule has 2 saturated heterocycles. The lowest BCUT2D eigenvalue weighted by atomic mass is 9.83. The van der Waals surface area contributed by atoms with E-state index in [1.54, 1.807) is 38.1 Å². The SMILES string of the molecule is C[C@@H]1C[C@H](C(=O)N[C@@H](c2cc(F)c(Cl)cc2F)C2COC2)N(C(=O)c2cccc(C(C)(C)C(N)=O)c2)C1. The molecule has 0 spiro atoms. The molecule has 2 aliphatic heterocycles. The zero-order chi connectivity index (χ0) is 27.1. The molecule has 3 atom stereocenters. The highest BCUT2D eigenvalue weighted by Crippen LogP contribution is 2.34. The van der Waals surface area contributed by atoms with Gasteiger partial charge in [0.2, 0.25) is 11.8 Å². The predicted molar refractivity (Wildman–Crippen MR) is 134 cm³/mol. The van der Waals surface area contributed by atoms with Gasteiger partial charge in [0, 0.05) is 23.6 Å². The second-order valence-corrected chi connectivity index (χ2v) is 10.9. The maximum absolute atomic E-state index is 14.8. The number of nitrogens with zero attached hydrogens (tertiary/aromatic N) is 1. The number of hydrogen-bond acceptors (Lipinski definition) is 4. The van der Waals surface area contributed by atoms with Crippen molar-refractivity contribution in [2.45, 2.75) is 44.7 Å². The van der Waals surface area contributed by atoms with Crippen molar-refractivity contribution in [2.75, 3.05) is 19.8 Å². The molecule has 0 radical (unpaired) electrons. The minimum absolute atomic E-state index is 0.0196. The number of benzene rings is 2. The van der Waals surface area contributed by atoms with Crippen LogP contribution in [0.4, 0.5) is 8.78 Å². The van der Waals surface area contributed by atoms with Crippen molar-refractivity contribution in [1.82, 2.24) is 10.2 Å². The van der Waals surface area contributed by atoms with E-state index in [4.69, 9.17) is 22.1 Å². The lowest BCUT2D eigenvalue weighted by molar-refractivity contribution is -0.128. The van der Waals surface area contributed by atoms with Gasteiger partial charge in [-0.3, -0.25) is 14.4 Å². The number of carbonyl (C=O) groups is 3. The Hall–Kier alpha value is -3.04. The molecule has 4 rings (SSSR count). The topological polar surface area (TPSA) is 102 Å². The Morgan fingerprint density at radius 1 is 1.16 bits per heavy atom. The van der Waals surface area contributed by atoms with Gasteiger partial charge in [0.15, 0.2) is 0 Å². The molecule has 2 aliphatic rings. The average Bonchev–Trinajstić information content (AvgIpc) is 3.21. The standard InChI is InChI=1S/C27H30ClF2N3O4/c1-14-7-22(33(11-14)25(35)15-5-4-6-17(8-15)27(2,3)26(31)36)24(34)32-23(16-12-37-13-16)18-9-21(30)19(28)10-20(18)29/h4-6,8-10,14,16,22-23H,7,11-13H2,1-3H3,(H2,31,36)(H,32,34)/t14-,22-,23-/m1/s1. The van der Waals surface area contributed by atoms with E-state index < -0.39 is 40.9 Å². The van der Waals surface area contributed by atoms with Gasteiger partial charge in [0.1, 0.15) is 17.7 Å². The van der Waals surface area contributed by atoms with Crippen LogP contribution < -0.4 is 11.1 Å². The fourth-order valence-electron chi connectivity index (χ4n) is 4.79. The summed E-state index contributed by atoms with van der Waals surface area (Å²) in [5.41, 5.74) is 5.45. The van der Waals surface area contributed by atoms with Crippen LogP contribution in [-0.4, -0.2) is 48.4 Å². The second kappa shape index (κ2) is 10.4. The molecule has 3 N–H and O–H groups in total. The quantitative estimate of drug-likeness (QED) is 0.529. The van der Waals surface area contributed by atoms with Gasteiger partial charge in [-0.2, -0.15) is 0 Å². The molecule has 2 fully saturated rings. The van der Waals surface area contributed by atoms with Gasteiger partial charge in [-0.05, 0) is 56.0 Å². The summed E-state index contributed by atoms with van der Waals surface area (Å²) in [6.45, 7) is 6.20. The van der Waals surface area contributed by atoms with E-state index in [1.165, 1.54) is 4.90 Å². The maximum atomic E-state index is 14.8. The van der Waals surface area contributed by atoms with Crippen LogP contribution in [0.2, 0.25) is 5.02 Å². The summed E-state index contributed by atoms with van der Waals surface area (Å²) in [5.74, 6) is -3.08. The van der Waals surface area contributed by atoms with E-state index in [0.29, 0.717) is 24.1 Å². The minimum Gasteiger partial charge on any atom is -0.381 e. The third kappa shape index (κ3) is 5.33. The first-order chi connectivity index (χ1) is 17.4. The van der Waals surface area contributed by atoms with Crippen LogP contribution in [0, 0.1) is 23.5 Å². The lowest BCUT2D eigenvalue weighted by Crippen LogP contribution is -2.50. The third-order valence-corrected chi connectivity index (χ3v) is 7.62. The average molecular weight is 534 g/mol. The monoisotopic (exact) mass is 533 g/mol. The number of amides is 3. The molecule has 2 aromatic rings. The van der Waals surface area contributed by atoms with Crippen molar-refractivity contribution in [3.05, 3.63) is 69.7 Å². The van der Waals surface area contributed by atoms with Crippen molar-refractivity contribution in [3.8, 4) is 0 Å². The minimum atomic E-state index is -0.985. The molecular weight excluding hydrogens is 504 g/mol. The summed E-state index contributed by atoms with van der Waals surface area (Å²) in [6, 6.07) is 6.87. The first-order valence-electron chi connectivity index (χ1n) is 12.1. The second-order valence-electron chi connectivity index (χ2n) is 10.5.